The van der Waals surface area contributed by atoms with E-state index in [9.17, 15) is 5.11 Å². The Bertz CT molecular complexity index is 354. The van der Waals surface area contributed by atoms with Crippen molar-refractivity contribution in [2.45, 2.75) is 32.4 Å². The molecule has 0 spiro atoms. The van der Waals surface area contributed by atoms with E-state index in [-0.39, 0.29) is 5.28 Å². The number of halogens is 1. The molecule has 0 amide bonds. The average Bonchev–Trinajstić information content (AvgIpc) is 2.10. The predicted molar refractivity (Wildman–Crippen MR) is 60.8 cm³/mol. The molecule has 0 fully saturated rings. The van der Waals surface area contributed by atoms with Gasteiger partial charge in [0.05, 0.1) is 23.5 Å². The first-order chi connectivity index (χ1) is 6.83. The molecule has 1 heterocycles. The van der Waals surface area contributed by atoms with Crippen LogP contribution in [0.4, 0.5) is 11.5 Å². The molecule has 4 N–H and O–H groups in total. The molecule has 0 saturated heterocycles. The lowest BCUT2D eigenvalue weighted by Crippen LogP contribution is -2.42. The second-order valence-electron chi connectivity index (χ2n) is 3.97. The third kappa shape index (κ3) is 2.94. The van der Waals surface area contributed by atoms with E-state index in [0.29, 0.717) is 11.5 Å². The van der Waals surface area contributed by atoms with Crippen molar-refractivity contribution in [2.75, 3.05) is 11.1 Å². The van der Waals surface area contributed by atoms with Gasteiger partial charge in [-0.1, -0.05) is 0 Å². The van der Waals surface area contributed by atoms with Crippen molar-refractivity contribution in [2.24, 2.45) is 0 Å². The minimum atomic E-state index is -0.550. The molecular weight excluding hydrogens is 216 g/mol. The molecule has 5 nitrogen and oxygen atoms in total. The van der Waals surface area contributed by atoms with Gasteiger partial charge in [0.1, 0.15) is 0 Å². The molecule has 0 aromatic carbocycles. The number of rotatable bonds is 3. The van der Waals surface area contributed by atoms with Crippen LogP contribution in [0.2, 0.25) is 5.28 Å². The fourth-order valence-electron chi connectivity index (χ4n) is 0.879. The first-order valence-electron chi connectivity index (χ1n) is 4.57. The highest BCUT2D eigenvalue weighted by atomic mass is 35.5. The molecule has 1 aromatic rings. The zero-order valence-electron chi connectivity index (χ0n) is 8.95. The summed E-state index contributed by atoms with van der Waals surface area (Å²) in [6.45, 7) is 5.37. The van der Waals surface area contributed by atoms with E-state index in [0.717, 1.165) is 0 Å². The zero-order valence-corrected chi connectivity index (χ0v) is 9.71. The van der Waals surface area contributed by atoms with Crippen LogP contribution in [0.1, 0.15) is 20.8 Å². The minimum absolute atomic E-state index is 0.119. The van der Waals surface area contributed by atoms with Crippen molar-refractivity contribution >= 4 is 23.1 Å². The van der Waals surface area contributed by atoms with Crippen molar-refractivity contribution in [3.63, 3.8) is 0 Å². The molecule has 0 radical (unpaired) electrons. The Morgan fingerprint density at radius 1 is 1.60 bits per heavy atom. The van der Waals surface area contributed by atoms with Gasteiger partial charge in [0.15, 0.2) is 5.82 Å². The lowest BCUT2D eigenvalue weighted by Gasteiger charge is -2.30. The summed E-state index contributed by atoms with van der Waals surface area (Å²) in [6.07, 6.45) is 0.876. The number of nitrogens with zero attached hydrogens (tertiary/aromatic N) is 2. The summed E-state index contributed by atoms with van der Waals surface area (Å²) in [5, 5.41) is 12.7. The number of anilines is 2. The van der Waals surface area contributed by atoms with Crippen LogP contribution in [0.5, 0.6) is 0 Å². The maximum Gasteiger partial charge on any atom is 0.224 e. The van der Waals surface area contributed by atoms with Gasteiger partial charge in [-0.2, -0.15) is 4.98 Å². The highest BCUT2D eigenvalue weighted by Gasteiger charge is 2.25. The van der Waals surface area contributed by atoms with Crippen molar-refractivity contribution < 1.29 is 5.11 Å². The summed E-state index contributed by atoms with van der Waals surface area (Å²) in [4.78, 5) is 7.69. The van der Waals surface area contributed by atoms with Gasteiger partial charge in [-0.25, -0.2) is 4.98 Å². The predicted octanol–water partition coefficient (Wildman–Crippen LogP) is 1.28. The number of nitrogens with one attached hydrogen (secondary N) is 1. The Hall–Kier alpha value is -1.07. The van der Waals surface area contributed by atoms with Crippen molar-refractivity contribution in [3.8, 4) is 0 Å². The molecule has 0 aliphatic heterocycles. The molecule has 84 valence electrons. The highest BCUT2D eigenvalue weighted by molar-refractivity contribution is 6.28. The van der Waals surface area contributed by atoms with Crippen LogP contribution in [-0.4, -0.2) is 26.7 Å². The van der Waals surface area contributed by atoms with Crippen LogP contribution < -0.4 is 11.1 Å². The monoisotopic (exact) mass is 230 g/mol. The number of nitrogens with two attached hydrogens (primary N) is 1. The van der Waals surface area contributed by atoms with Crippen LogP contribution in [0.15, 0.2) is 6.20 Å². The van der Waals surface area contributed by atoms with E-state index < -0.39 is 11.6 Å². The summed E-state index contributed by atoms with van der Waals surface area (Å²) >= 11 is 5.64. The fourth-order valence-corrected chi connectivity index (χ4v) is 1.01. The van der Waals surface area contributed by atoms with E-state index in [2.05, 4.69) is 15.3 Å². The molecule has 0 aliphatic rings. The summed E-state index contributed by atoms with van der Waals surface area (Å²) in [5.41, 5.74) is 5.53. The molecule has 0 saturated carbocycles. The topological polar surface area (TPSA) is 84.1 Å². The van der Waals surface area contributed by atoms with Crippen molar-refractivity contribution in [3.05, 3.63) is 11.5 Å². The van der Waals surface area contributed by atoms with Gasteiger partial charge in [0.25, 0.3) is 0 Å². The quantitative estimate of drug-likeness (QED) is 0.682. The maximum absolute atomic E-state index is 9.52. The molecule has 1 aromatic heterocycles. The van der Waals surface area contributed by atoms with Gasteiger partial charge in [-0.3, -0.25) is 0 Å². The SMILES string of the molecule is CC(O)C(C)(C)Nc1nc(Cl)ncc1N. The van der Waals surface area contributed by atoms with E-state index in [4.69, 9.17) is 17.3 Å². The maximum atomic E-state index is 9.52. The van der Waals surface area contributed by atoms with Crippen LogP contribution in [-0.2, 0) is 0 Å². The lowest BCUT2D eigenvalue weighted by molar-refractivity contribution is 0.133. The first-order valence-corrected chi connectivity index (χ1v) is 4.95. The van der Waals surface area contributed by atoms with E-state index >= 15 is 0 Å². The summed E-state index contributed by atoms with van der Waals surface area (Å²) < 4.78 is 0. The standard InChI is InChI=1S/C9H15ClN4O/c1-5(15)9(2,3)14-7-6(11)4-12-8(10)13-7/h4-5,15H,11H2,1-3H3,(H,12,13,14). The Balaban J connectivity index is 2.94. The van der Waals surface area contributed by atoms with Gasteiger partial charge in [-0.05, 0) is 32.4 Å². The van der Waals surface area contributed by atoms with Crippen molar-refractivity contribution in [1.29, 1.82) is 0 Å². The third-order valence-corrected chi connectivity index (χ3v) is 2.45. The normalized spacial score (nSPS) is 13.7. The lowest BCUT2D eigenvalue weighted by atomic mass is 9.99. The molecule has 6 heteroatoms. The minimum Gasteiger partial charge on any atom is -0.394 e. The van der Waals surface area contributed by atoms with Crippen molar-refractivity contribution in [1.82, 2.24) is 9.97 Å². The average molecular weight is 231 g/mol. The summed E-state index contributed by atoms with van der Waals surface area (Å²) in [6, 6.07) is 0. The fraction of sp³-hybridized carbons (Fsp3) is 0.556. The second kappa shape index (κ2) is 4.20. The van der Waals surface area contributed by atoms with Gasteiger partial charge < -0.3 is 16.2 Å². The molecule has 1 atom stereocenters. The van der Waals surface area contributed by atoms with Gasteiger partial charge in [0, 0.05) is 0 Å². The second-order valence-corrected chi connectivity index (χ2v) is 4.30. The van der Waals surface area contributed by atoms with Crippen LogP contribution in [0.3, 0.4) is 0 Å². The number of aliphatic hydroxyl groups is 1. The van der Waals surface area contributed by atoms with E-state index in [1.165, 1.54) is 6.20 Å². The smallest absolute Gasteiger partial charge is 0.224 e. The summed E-state index contributed by atoms with van der Waals surface area (Å²) in [7, 11) is 0. The van der Waals surface area contributed by atoms with E-state index in [1.807, 2.05) is 13.8 Å². The van der Waals surface area contributed by atoms with Gasteiger partial charge in [0.2, 0.25) is 5.28 Å². The number of aliphatic hydroxyl groups excluding tert-OH is 1. The zero-order chi connectivity index (χ0) is 11.6. The molecule has 1 unspecified atom stereocenters. The molecule has 1 rings (SSSR count). The Morgan fingerprint density at radius 2 is 2.20 bits per heavy atom. The first kappa shape index (κ1) is 12.0. The number of nitrogen functional groups attached to an aromatic ring is 1. The summed E-state index contributed by atoms with van der Waals surface area (Å²) in [5.74, 6) is 0.431. The van der Waals surface area contributed by atoms with E-state index in [1.54, 1.807) is 6.92 Å². The van der Waals surface area contributed by atoms with Gasteiger partial charge >= 0.3 is 0 Å². The third-order valence-electron chi connectivity index (χ3n) is 2.27. The molecule has 0 bridgehead atoms. The largest absolute Gasteiger partial charge is 0.394 e. The Labute approximate surface area is 93.7 Å². The number of aromatic nitrogens is 2. The number of hydrogen-bond donors (Lipinski definition) is 3. The van der Waals surface area contributed by atoms with Crippen LogP contribution in [0.25, 0.3) is 0 Å². The highest BCUT2D eigenvalue weighted by Crippen LogP contribution is 2.22. The Kier molecular flexibility index (Phi) is 3.36. The Morgan fingerprint density at radius 3 is 2.73 bits per heavy atom. The molecule has 0 aliphatic carbocycles. The van der Waals surface area contributed by atoms with Crippen LogP contribution in [0, 0.1) is 0 Å². The van der Waals surface area contributed by atoms with Gasteiger partial charge in [-0.15, -0.1) is 0 Å². The van der Waals surface area contributed by atoms with Crippen LogP contribution >= 0.6 is 11.6 Å². The molecule has 15 heavy (non-hydrogen) atoms. The molecular formula is C9H15ClN4O. The number of hydrogen-bond acceptors (Lipinski definition) is 5.